The average molecular weight is 309 g/mol. The number of nitro benzene ring substituents is 1. The Kier molecular flexibility index (Phi) is 3.04. The molecule has 0 saturated carbocycles. The highest BCUT2D eigenvalue weighted by molar-refractivity contribution is 6.14. The minimum atomic E-state index is -0.428. The van der Waals surface area contributed by atoms with Crippen molar-refractivity contribution in [3.8, 4) is 11.5 Å². The molecule has 0 N–H and O–H groups in total. The third-order valence-electron chi connectivity index (χ3n) is 3.76. The van der Waals surface area contributed by atoms with Crippen LogP contribution in [0.15, 0.2) is 46.6 Å². The quantitative estimate of drug-likeness (QED) is 0.630. The molecule has 23 heavy (non-hydrogen) atoms. The molecular formula is C16H11N3O4. The van der Waals surface area contributed by atoms with Gasteiger partial charge >= 0.3 is 0 Å². The molecule has 2 aliphatic heterocycles. The minimum absolute atomic E-state index is 0.0392. The third-order valence-corrected chi connectivity index (χ3v) is 3.76. The molecular weight excluding hydrogens is 298 g/mol. The summed E-state index contributed by atoms with van der Waals surface area (Å²) < 4.78 is 10.8. The molecule has 2 aromatic rings. The minimum Gasteiger partial charge on any atom is -0.454 e. The predicted molar refractivity (Wildman–Crippen MR) is 83.5 cm³/mol. The zero-order chi connectivity index (χ0) is 15.8. The topological polar surface area (TPSA) is 86.3 Å². The van der Waals surface area contributed by atoms with Gasteiger partial charge in [-0.2, -0.15) is 10.2 Å². The van der Waals surface area contributed by atoms with E-state index in [0.29, 0.717) is 23.6 Å². The molecule has 2 aromatic carbocycles. The first-order chi connectivity index (χ1) is 11.2. The van der Waals surface area contributed by atoms with Gasteiger partial charge in [0.2, 0.25) is 6.79 Å². The molecule has 0 aromatic heterocycles. The summed E-state index contributed by atoms with van der Waals surface area (Å²) in [5, 5.41) is 19.1. The Morgan fingerprint density at radius 2 is 1.83 bits per heavy atom. The van der Waals surface area contributed by atoms with Crippen molar-refractivity contribution >= 4 is 17.6 Å². The van der Waals surface area contributed by atoms with Crippen molar-refractivity contribution in [1.29, 1.82) is 0 Å². The number of hydrogen-bond donors (Lipinski definition) is 0. The molecule has 2 heterocycles. The van der Waals surface area contributed by atoms with Crippen LogP contribution in [0.3, 0.4) is 0 Å². The lowest BCUT2D eigenvalue weighted by Crippen LogP contribution is -2.06. The van der Waals surface area contributed by atoms with Gasteiger partial charge in [-0.05, 0) is 29.8 Å². The SMILES string of the molecule is O=[N+]([O-])c1ccc(C2=NN=CCc3cc4c(cc32)OCO4)cc1. The van der Waals surface area contributed by atoms with Crippen LogP contribution < -0.4 is 9.47 Å². The van der Waals surface area contributed by atoms with E-state index >= 15 is 0 Å². The second-order valence-electron chi connectivity index (χ2n) is 5.12. The number of fused-ring (bicyclic) bond motifs is 2. The van der Waals surface area contributed by atoms with E-state index in [4.69, 9.17) is 9.47 Å². The van der Waals surface area contributed by atoms with Gasteiger partial charge in [0.25, 0.3) is 5.69 Å². The number of nitrogens with zero attached hydrogens (tertiary/aromatic N) is 3. The number of hydrogen-bond acceptors (Lipinski definition) is 6. The molecule has 0 unspecified atom stereocenters. The van der Waals surface area contributed by atoms with E-state index in [2.05, 4.69) is 10.2 Å². The molecule has 0 aliphatic carbocycles. The van der Waals surface area contributed by atoms with Crippen LogP contribution in [0.4, 0.5) is 5.69 Å². The van der Waals surface area contributed by atoms with Gasteiger partial charge in [0.15, 0.2) is 11.5 Å². The lowest BCUT2D eigenvalue weighted by atomic mass is 9.95. The van der Waals surface area contributed by atoms with Crippen molar-refractivity contribution in [3.63, 3.8) is 0 Å². The van der Waals surface area contributed by atoms with Gasteiger partial charge in [-0.1, -0.05) is 0 Å². The molecule has 0 fully saturated rings. The Morgan fingerprint density at radius 3 is 2.57 bits per heavy atom. The highest BCUT2D eigenvalue weighted by Crippen LogP contribution is 2.36. The van der Waals surface area contributed by atoms with Crippen LogP contribution in [0.2, 0.25) is 0 Å². The summed E-state index contributed by atoms with van der Waals surface area (Å²) in [6.07, 6.45) is 2.35. The lowest BCUT2D eigenvalue weighted by Gasteiger charge is -2.10. The number of benzene rings is 2. The van der Waals surface area contributed by atoms with Gasteiger partial charge in [0.1, 0.15) is 5.71 Å². The van der Waals surface area contributed by atoms with Gasteiger partial charge in [-0.15, -0.1) is 0 Å². The largest absolute Gasteiger partial charge is 0.454 e. The van der Waals surface area contributed by atoms with Crippen LogP contribution in [-0.2, 0) is 6.42 Å². The van der Waals surface area contributed by atoms with E-state index in [1.165, 1.54) is 12.1 Å². The molecule has 2 aliphatic rings. The van der Waals surface area contributed by atoms with E-state index in [0.717, 1.165) is 16.7 Å². The van der Waals surface area contributed by atoms with Crippen LogP contribution in [0.25, 0.3) is 0 Å². The average Bonchev–Trinajstić information content (AvgIpc) is 2.91. The number of ether oxygens (including phenoxy) is 2. The number of non-ortho nitro benzene ring substituents is 1. The van der Waals surface area contributed by atoms with Gasteiger partial charge in [0, 0.05) is 35.9 Å². The standard InChI is InChI=1S/C16H11N3O4/c20-19(21)12-3-1-10(2-4-12)16-13-8-15-14(22-9-23-15)7-11(13)5-6-17-18-16/h1-4,6-8H,5,9H2. The van der Waals surface area contributed by atoms with E-state index in [9.17, 15) is 10.1 Å². The maximum Gasteiger partial charge on any atom is 0.269 e. The van der Waals surface area contributed by atoms with Crippen molar-refractivity contribution in [2.24, 2.45) is 10.2 Å². The van der Waals surface area contributed by atoms with E-state index in [-0.39, 0.29) is 12.5 Å². The smallest absolute Gasteiger partial charge is 0.269 e. The van der Waals surface area contributed by atoms with Crippen molar-refractivity contribution in [1.82, 2.24) is 0 Å². The highest BCUT2D eigenvalue weighted by atomic mass is 16.7. The molecule has 0 bridgehead atoms. The highest BCUT2D eigenvalue weighted by Gasteiger charge is 2.21. The second-order valence-corrected chi connectivity index (χ2v) is 5.12. The normalized spacial score (nSPS) is 14.9. The zero-order valence-corrected chi connectivity index (χ0v) is 11.9. The Labute approximate surface area is 131 Å². The van der Waals surface area contributed by atoms with Crippen LogP contribution in [-0.4, -0.2) is 23.6 Å². The first-order valence-electron chi connectivity index (χ1n) is 6.99. The van der Waals surface area contributed by atoms with Crippen molar-refractivity contribution in [3.05, 3.63) is 63.2 Å². The van der Waals surface area contributed by atoms with Gasteiger partial charge < -0.3 is 9.47 Å². The molecule has 0 atom stereocenters. The third kappa shape index (κ3) is 2.32. The lowest BCUT2D eigenvalue weighted by molar-refractivity contribution is -0.384. The van der Waals surface area contributed by atoms with Gasteiger partial charge in [0.05, 0.1) is 4.92 Å². The molecule has 7 nitrogen and oxygen atoms in total. The summed E-state index contributed by atoms with van der Waals surface area (Å²) in [6.45, 7) is 0.205. The van der Waals surface area contributed by atoms with Crippen LogP contribution >= 0.6 is 0 Å². The summed E-state index contributed by atoms with van der Waals surface area (Å²) in [4.78, 5) is 10.4. The first-order valence-corrected chi connectivity index (χ1v) is 6.99. The summed E-state index contributed by atoms with van der Waals surface area (Å²) in [5.41, 5.74) is 3.36. The predicted octanol–water partition coefficient (Wildman–Crippen LogP) is 2.70. The van der Waals surface area contributed by atoms with Crippen LogP contribution in [0.1, 0.15) is 16.7 Å². The Bertz CT molecular complexity index is 856. The Morgan fingerprint density at radius 1 is 1.09 bits per heavy atom. The molecule has 7 heteroatoms. The van der Waals surface area contributed by atoms with E-state index in [1.807, 2.05) is 12.1 Å². The monoisotopic (exact) mass is 309 g/mol. The fourth-order valence-corrected chi connectivity index (χ4v) is 2.62. The number of rotatable bonds is 2. The molecule has 114 valence electrons. The maximum atomic E-state index is 10.8. The van der Waals surface area contributed by atoms with Gasteiger partial charge in [-0.25, -0.2) is 0 Å². The summed E-state index contributed by atoms with van der Waals surface area (Å²) in [6, 6.07) is 10.1. The van der Waals surface area contributed by atoms with Crippen molar-refractivity contribution < 1.29 is 14.4 Å². The van der Waals surface area contributed by atoms with Crippen LogP contribution in [0.5, 0.6) is 11.5 Å². The molecule has 0 radical (unpaired) electrons. The number of nitro groups is 1. The van der Waals surface area contributed by atoms with Crippen LogP contribution in [0, 0.1) is 10.1 Å². The summed E-state index contributed by atoms with van der Waals surface area (Å²) >= 11 is 0. The van der Waals surface area contributed by atoms with E-state index in [1.54, 1.807) is 18.3 Å². The zero-order valence-electron chi connectivity index (χ0n) is 11.9. The summed E-state index contributed by atoms with van der Waals surface area (Å²) in [5.74, 6) is 1.38. The first kappa shape index (κ1) is 13.4. The van der Waals surface area contributed by atoms with Gasteiger partial charge in [-0.3, -0.25) is 10.1 Å². The molecule has 0 amide bonds. The van der Waals surface area contributed by atoms with E-state index < -0.39 is 4.92 Å². The summed E-state index contributed by atoms with van der Waals surface area (Å²) in [7, 11) is 0. The fraction of sp³-hybridized carbons (Fsp3) is 0.125. The Hall–Kier alpha value is -3.22. The molecule has 0 saturated heterocycles. The molecule has 0 spiro atoms. The van der Waals surface area contributed by atoms with Crippen molar-refractivity contribution in [2.45, 2.75) is 6.42 Å². The maximum absolute atomic E-state index is 10.8. The second kappa shape index (κ2) is 5.20. The molecule has 4 rings (SSSR count). The van der Waals surface area contributed by atoms with Crippen molar-refractivity contribution in [2.75, 3.05) is 6.79 Å². The fourth-order valence-electron chi connectivity index (χ4n) is 2.62. The Balaban J connectivity index is 1.82.